The highest BCUT2D eigenvalue weighted by atomic mass is 32.2. The molecule has 2 N–H and O–H groups in total. The fourth-order valence-electron chi connectivity index (χ4n) is 3.05. The van der Waals surface area contributed by atoms with Gasteiger partial charge in [0.05, 0.1) is 29.4 Å². The van der Waals surface area contributed by atoms with Crippen LogP contribution < -0.4 is 9.47 Å². The molecule has 0 bridgehead atoms. The molecule has 4 rings (SSSR count). The first-order chi connectivity index (χ1) is 15.0. The van der Waals surface area contributed by atoms with E-state index in [4.69, 9.17) is 14.6 Å². The highest BCUT2D eigenvalue weighted by Crippen LogP contribution is 2.34. The zero-order chi connectivity index (χ0) is 22.0. The van der Waals surface area contributed by atoms with Crippen LogP contribution in [0.5, 0.6) is 17.2 Å². The fraction of sp³-hybridized carbons (Fsp3) is 0.136. The van der Waals surface area contributed by atoms with E-state index in [2.05, 4.69) is 15.0 Å². The zero-order valence-corrected chi connectivity index (χ0v) is 17.6. The van der Waals surface area contributed by atoms with E-state index in [1.54, 1.807) is 12.3 Å². The van der Waals surface area contributed by atoms with Gasteiger partial charge in [-0.2, -0.15) is 4.98 Å². The number of hydrogen-bond donors (Lipinski definition) is 2. The van der Waals surface area contributed by atoms with Gasteiger partial charge in [-0.1, -0.05) is 12.1 Å². The molecular formula is C22H19N3O5S. The molecule has 1 unspecified atom stereocenters. The Balaban J connectivity index is 1.57. The normalized spacial score (nSPS) is 12.0. The number of pyridine rings is 1. The van der Waals surface area contributed by atoms with Crippen LogP contribution >= 0.6 is 0 Å². The number of benzene rings is 2. The number of carboxylic acid groups (broad SMARTS) is 1. The summed E-state index contributed by atoms with van der Waals surface area (Å²) in [6.07, 6.45) is 1.57. The smallest absolute Gasteiger partial charge is 0.335 e. The van der Waals surface area contributed by atoms with Gasteiger partial charge in [-0.3, -0.25) is 9.97 Å². The second-order valence-corrected chi connectivity index (χ2v) is 8.07. The summed E-state index contributed by atoms with van der Waals surface area (Å²) in [4.78, 5) is 23.0. The van der Waals surface area contributed by atoms with Crippen molar-refractivity contribution in [1.82, 2.24) is 15.0 Å². The molecule has 1 atom stereocenters. The minimum atomic E-state index is -1.42. The summed E-state index contributed by atoms with van der Waals surface area (Å²) >= 11 is -1.42. The summed E-state index contributed by atoms with van der Waals surface area (Å²) in [5.41, 5.74) is 3.00. The van der Waals surface area contributed by atoms with Gasteiger partial charge in [0.1, 0.15) is 5.75 Å². The lowest BCUT2D eigenvalue weighted by Gasteiger charge is -2.14. The van der Waals surface area contributed by atoms with Gasteiger partial charge >= 0.3 is 11.1 Å². The van der Waals surface area contributed by atoms with Crippen LogP contribution in [0.1, 0.15) is 21.6 Å². The van der Waals surface area contributed by atoms with Crippen molar-refractivity contribution >= 4 is 28.2 Å². The lowest BCUT2D eigenvalue weighted by molar-refractivity contribution is 0.0696. The van der Waals surface area contributed by atoms with Gasteiger partial charge in [0.2, 0.25) is 0 Å². The number of hydrogen-bond acceptors (Lipinski definition) is 6. The molecule has 0 aliphatic rings. The molecule has 2 aromatic heterocycles. The number of nitrogens with zero attached hydrogens (tertiary/aromatic N) is 2. The van der Waals surface area contributed by atoms with Crippen molar-refractivity contribution in [1.29, 1.82) is 0 Å². The Morgan fingerprint density at radius 2 is 1.97 bits per heavy atom. The predicted molar refractivity (Wildman–Crippen MR) is 115 cm³/mol. The minimum absolute atomic E-state index is 0.0950. The number of aromatic nitrogens is 3. The molecule has 158 valence electrons. The second-order valence-electron chi connectivity index (χ2n) is 6.70. The maximum Gasteiger partial charge on any atom is 0.335 e. The summed E-state index contributed by atoms with van der Waals surface area (Å²) in [5.74, 6) is 0.278. The van der Waals surface area contributed by atoms with Crippen molar-refractivity contribution < 1.29 is 23.9 Å². The van der Waals surface area contributed by atoms with E-state index in [1.165, 1.54) is 25.3 Å². The number of rotatable bonds is 7. The number of nitrogens with one attached hydrogen (secondary N) is 1. The molecule has 2 aromatic carbocycles. The third-order valence-corrected chi connectivity index (χ3v) is 5.90. The Morgan fingerprint density at radius 1 is 1.16 bits per heavy atom. The van der Waals surface area contributed by atoms with E-state index in [9.17, 15) is 9.35 Å². The quantitative estimate of drug-likeness (QED) is 0.418. The van der Waals surface area contributed by atoms with Gasteiger partial charge in [0.15, 0.2) is 17.3 Å². The van der Waals surface area contributed by atoms with Crippen molar-refractivity contribution in [3.05, 3.63) is 71.5 Å². The van der Waals surface area contributed by atoms with Crippen LogP contribution in [0.25, 0.3) is 11.0 Å². The highest BCUT2D eigenvalue weighted by Gasteiger charge is 2.21. The maximum absolute atomic E-state index is 12.9. The lowest BCUT2D eigenvalue weighted by Crippen LogP contribution is -2.10. The van der Waals surface area contributed by atoms with Crippen molar-refractivity contribution in [3.63, 3.8) is 0 Å². The third-order valence-electron chi connectivity index (χ3n) is 4.74. The molecule has 4 aromatic rings. The van der Waals surface area contributed by atoms with E-state index in [0.717, 1.165) is 16.6 Å². The van der Waals surface area contributed by atoms with Crippen LogP contribution in [0.2, 0.25) is 0 Å². The molecule has 0 amide bonds. The number of H-pyrrole nitrogens is 1. The standard InChI is InChI=1S/C22H19N3O5S/c1-13-17(12-31(28)22-24-15-5-3-4-6-16(15)25-22)23-10-9-18(13)30-19-8-7-14(21(26)27)11-20(19)29-2/h3-11H,12H2,1-2H3,(H,24,25)(H,26,27). The summed E-state index contributed by atoms with van der Waals surface area (Å²) < 4.78 is 24.1. The number of carbonyl (C=O) groups is 1. The Bertz CT molecular complexity index is 1220. The Kier molecular flexibility index (Phi) is 5.79. The first-order valence-electron chi connectivity index (χ1n) is 9.33. The zero-order valence-electron chi connectivity index (χ0n) is 16.8. The molecule has 0 aliphatic heterocycles. The van der Waals surface area contributed by atoms with Gasteiger partial charge in [0, 0.05) is 22.9 Å². The van der Waals surface area contributed by atoms with Crippen molar-refractivity contribution in [2.75, 3.05) is 7.11 Å². The Morgan fingerprint density at radius 3 is 2.71 bits per heavy atom. The van der Waals surface area contributed by atoms with Crippen LogP contribution in [-0.2, 0) is 16.9 Å². The SMILES string of the molecule is COc1cc(C(=O)O)ccc1Oc1ccnc(C[S+]([O-])c2nc3ccccc3[nH]2)c1C. The van der Waals surface area contributed by atoms with E-state index >= 15 is 0 Å². The van der Waals surface area contributed by atoms with Gasteiger partial charge in [-0.25, -0.2) is 4.79 Å². The van der Waals surface area contributed by atoms with Crippen LogP contribution in [0, 0.1) is 6.92 Å². The number of methoxy groups -OCH3 is 1. The van der Waals surface area contributed by atoms with E-state index < -0.39 is 17.1 Å². The molecule has 0 saturated heterocycles. The Labute approximate surface area is 181 Å². The number of aromatic carboxylic acids is 1. The summed E-state index contributed by atoms with van der Waals surface area (Å²) in [5, 5.41) is 9.54. The number of carboxylic acids is 1. The van der Waals surface area contributed by atoms with Crippen LogP contribution in [-0.4, -0.2) is 37.7 Å². The number of imidazole rings is 1. The third kappa shape index (κ3) is 4.32. The molecule has 0 spiro atoms. The number of para-hydroxylation sites is 2. The molecule has 0 saturated carbocycles. The van der Waals surface area contributed by atoms with Gasteiger partial charge in [-0.15, -0.1) is 0 Å². The van der Waals surface area contributed by atoms with Crippen molar-refractivity contribution in [2.24, 2.45) is 0 Å². The van der Waals surface area contributed by atoms with Gasteiger partial charge < -0.3 is 19.1 Å². The molecule has 31 heavy (non-hydrogen) atoms. The molecule has 2 heterocycles. The molecule has 0 fully saturated rings. The van der Waals surface area contributed by atoms with Crippen LogP contribution in [0.3, 0.4) is 0 Å². The highest BCUT2D eigenvalue weighted by molar-refractivity contribution is 7.90. The average Bonchev–Trinajstić information content (AvgIpc) is 3.21. The van der Waals surface area contributed by atoms with Crippen molar-refractivity contribution in [2.45, 2.75) is 17.8 Å². The van der Waals surface area contributed by atoms with Gasteiger partial charge in [-0.05, 0) is 43.3 Å². The largest absolute Gasteiger partial charge is 0.609 e. The topological polar surface area (TPSA) is 120 Å². The lowest BCUT2D eigenvalue weighted by atomic mass is 10.2. The molecule has 9 heteroatoms. The maximum atomic E-state index is 12.9. The van der Waals surface area contributed by atoms with Crippen LogP contribution in [0.4, 0.5) is 0 Å². The Hall–Kier alpha value is -3.56. The minimum Gasteiger partial charge on any atom is -0.609 e. The first kappa shape index (κ1) is 20.7. The molecule has 8 nitrogen and oxygen atoms in total. The molecular weight excluding hydrogens is 418 g/mol. The molecule has 0 aliphatic carbocycles. The summed E-state index contributed by atoms with van der Waals surface area (Å²) in [6.45, 7) is 1.82. The van der Waals surface area contributed by atoms with Crippen molar-refractivity contribution in [3.8, 4) is 17.2 Å². The monoisotopic (exact) mass is 437 g/mol. The van der Waals surface area contributed by atoms with Gasteiger partial charge in [0.25, 0.3) is 0 Å². The van der Waals surface area contributed by atoms with Crippen LogP contribution in [0.15, 0.2) is 59.9 Å². The average molecular weight is 437 g/mol. The van der Waals surface area contributed by atoms with E-state index in [-0.39, 0.29) is 11.3 Å². The fourth-order valence-corrected chi connectivity index (χ4v) is 4.15. The number of aromatic amines is 1. The second kappa shape index (κ2) is 8.66. The number of fused-ring (bicyclic) bond motifs is 1. The summed E-state index contributed by atoms with van der Waals surface area (Å²) in [7, 11) is 1.44. The molecule has 0 radical (unpaired) electrons. The predicted octanol–water partition coefficient (Wildman–Crippen LogP) is 4.07. The number of ether oxygens (including phenoxy) is 2. The van der Waals surface area contributed by atoms with E-state index in [0.29, 0.717) is 28.1 Å². The first-order valence-corrected chi connectivity index (χ1v) is 10.6. The van der Waals surface area contributed by atoms with E-state index in [1.807, 2.05) is 31.2 Å². The summed E-state index contributed by atoms with van der Waals surface area (Å²) in [6, 6.07) is 13.6.